The zero-order valence-electron chi connectivity index (χ0n) is 23.8. The molecule has 11 atom stereocenters. The molecule has 1 unspecified atom stereocenters. The van der Waals surface area contributed by atoms with Crippen LogP contribution < -0.4 is 0 Å². The predicted octanol–water partition coefficient (Wildman–Crippen LogP) is -0.376. The van der Waals surface area contributed by atoms with Crippen LogP contribution in [0.2, 0.25) is 0 Å². The molecule has 0 spiro atoms. The topological polar surface area (TPSA) is 231 Å². The van der Waals surface area contributed by atoms with E-state index in [2.05, 4.69) is 0 Å². The zero-order chi connectivity index (χ0) is 32.1. The van der Waals surface area contributed by atoms with Gasteiger partial charge in [0.05, 0.1) is 23.1 Å². The summed E-state index contributed by atoms with van der Waals surface area (Å²) in [6.45, 7) is 0.642. The third kappa shape index (κ3) is 3.99. The summed E-state index contributed by atoms with van der Waals surface area (Å²) >= 11 is 0. The first kappa shape index (κ1) is 30.1. The van der Waals surface area contributed by atoms with Crippen LogP contribution in [0.3, 0.4) is 0 Å². The zero-order valence-corrected chi connectivity index (χ0v) is 23.8. The Balaban J connectivity index is 1.13. The van der Waals surface area contributed by atoms with Gasteiger partial charge in [-0.25, -0.2) is 9.59 Å². The SMILES string of the molecule is C[C@@]12C[C@@]3(O)OC(O1)[C@]1(COC(=O)c4ccccc4)[C@@H]3C[C@]21O[C@@H]1O[C@H](CO)[C@@H](OC(=O)c2cc(O)c(O)c(O)c2)[C@H](O)[C@H]1O. The summed E-state index contributed by atoms with van der Waals surface area (Å²) in [5, 5.41) is 72.7. The van der Waals surface area contributed by atoms with Gasteiger partial charge in [0.25, 0.3) is 0 Å². The summed E-state index contributed by atoms with van der Waals surface area (Å²) in [4.78, 5) is 25.7. The minimum atomic E-state index is -1.85. The molecular weight excluding hydrogens is 600 g/mol. The van der Waals surface area contributed by atoms with Crippen LogP contribution in [-0.4, -0.2) is 115 Å². The molecule has 2 aromatic rings. The first-order valence-corrected chi connectivity index (χ1v) is 14.4. The van der Waals surface area contributed by atoms with Crippen LogP contribution in [0.15, 0.2) is 42.5 Å². The lowest BCUT2D eigenvalue weighted by Gasteiger charge is -2.67. The van der Waals surface area contributed by atoms with Crippen molar-refractivity contribution in [3.05, 3.63) is 53.6 Å². The van der Waals surface area contributed by atoms with Crippen molar-refractivity contribution >= 4 is 11.9 Å². The van der Waals surface area contributed by atoms with E-state index in [0.717, 1.165) is 12.1 Å². The van der Waals surface area contributed by atoms with Crippen LogP contribution in [0.5, 0.6) is 17.2 Å². The van der Waals surface area contributed by atoms with E-state index in [1.54, 1.807) is 37.3 Å². The second kappa shape index (κ2) is 9.98. The lowest BCUT2D eigenvalue weighted by atomic mass is 9.41. The van der Waals surface area contributed by atoms with Crippen molar-refractivity contribution < 1.29 is 73.8 Å². The Kier molecular flexibility index (Phi) is 6.68. The average molecular weight is 633 g/mol. The van der Waals surface area contributed by atoms with Gasteiger partial charge in [0, 0.05) is 12.3 Å². The number of phenols is 3. The number of rotatable bonds is 8. The number of carbonyl (C=O) groups is 2. The molecule has 15 nitrogen and oxygen atoms in total. The Hall–Kier alpha value is -3.54. The summed E-state index contributed by atoms with van der Waals surface area (Å²) in [6.07, 6.45) is -9.22. The van der Waals surface area contributed by atoms with Gasteiger partial charge >= 0.3 is 11.9 Å². The maximum atomic E-state index is 12.9. The number of esters is 2. The molecule has 15 heteroatoms. The fourth-order valence-corrected chi connectivity index (χ4v) is 7.92. The van der Waals surface area contributed by atoms with Gasteiger partial charge in [-0.2, -0.15) is 0 Å². The minimum Gasteiger partial charge on any atom is -0.504 e. The monoisotopic (exact) mass is 632 g/mol. The standard InChI is InChI=1S/C30H32O15/c1-27-11-29(39)18-9-30(27,28(18,26(44-27)45-29)12-40-23(37)13-5-3-2-4-6-13)43-25-21(36)20(35)22(17(10-31)41-25)42-24(38)14-7-15(32)19(34)16(33)8-14/h2-8,17-18,20-22,25-26,31-36,39H,9-12H2,1H3/t17-,18+,20-,21-,22-,25+,26?,27+,28+,29-,30+/m1/s1. The van der Waals surface area contributed by atoms with Crippen molar-refractivity contribution in [2.45, 2.75) is 73.8 Å². The lowest BCUT2D eigenvalue weighted by molar-refractivity contribution is -0.424. The fourth-order valence-electron chi connectivity index (χ4n) is 7.92. The number of benzene rings is 2. The van der Waals surface area contributed by atoms with Crippen molar-refractivity contribution in [3.8, 4) is 17.2 Å². The van der Waals surface area contributed by atoms with Gasteiger partial charge in [0.15, 0.2) is 41.7 Å². The molecule has 0 aromatic heterocycles. The van der Waals surface area contributed by atoms with E-state index in [1.165, 1.54) is 0 Å². The van der Waals surface area contributed by atoms with Crippen LogP contribution in [0.1, 0.15) is 40.5 Å². The van der Waals surface area contributed by atoms with E-state index in [4.69, 9.17) is 28.4 Å². The van der Waals surface area contributed by atoms with Crippen LogP contribution in [0.4, 0.5) is 0 Å². The number of carbonyl (C=O) groups excluding carboxylic acids is 2. The molecule has 0 radical (unpaired) electrons. The van der Waals surface area contributed by atoms with E-state index in [-0.39, 0.29) is 19.4 Å². The highest BCUT2D eigenvalue weighted by Crippen LogP contribution is 2.81. The number of hydrogen-bond donors (Lipinski definition) is 7. The number of aliphatic hydroxyl groups is 4. The first-order valence-electron chi connectivity index (χ1n) is 14.4. The predicted molar refractivity (Wildman–Crippen MR) is 143 cm³/mol. The number of phenolic OH excluding ortho intramolecular Hbond substituents is 3. The van der Waals surface area contributed by atoms with Crippen LogP contribution in [0.25, 0.3) is 0 Å². The lowest BCUT2D eigenvalue weighted by Crippen LogP contribution is -2.80. The summed E-state index contributed by atoms with van der Waals surface area (Å²) in [5.74, 6) is -6.40. The summed E-state index contributed by atoms with van der Waals surface area (Å²) in [5.41, 5.74) is -3.85. The molecule has 6 bridgehead atoms. The van der Waals surface area contributed by atoms with E-state index in [9.17, 15) is 45.3 Å². The number of hydrogen-bond acceptors (Lipinski definition) is 15. The number of ether oxygens (including phenoxy) is 6. The third-order valence-electron chi connectivity index (χ3n) is 10.1. The Morgan fingerprint density at radius 2 is 1.67 bits per heavy atom. The largest absolute Gasteiger partial charge is 0.504 e. The van der Waals surface area contributed by atoms with Gasteiger partial charge in [-0.15, -0.1) is 0 Å². The molecule has 0 amide bonds. The highest BCUT2D eigenvalue weighted by atomic mass is 16.8. The Labute approximate surface area is 255 Å². The van der Waals surface area contributed by atoms with Crippen LogP contribution in [-0.2, 0) is 28.4 Å². The Morgan fingerprint density at radius 1 is 0.978 bits per heavy atom. The molecule has 4 saturated heterocycles. The molecule has 2 aromatic carbocycles. The van der Waals surface area contributed by atoms with Crippen LogP contribution in [0, 0.1) is 11.3 Å². The van der Waals surface area contributed by atoms with Gasteiger partial charge in [-0.05, 0) is 37.6 Å². The molecule has 4 aliphatic heterocycles. The van der Waals surface area contributed by atoms with E-state index in [0.29, 0.717) is 5.56 Å². The molecule has 7 fully saturated rings. The smallest absolute Gasteiger partial charge is 0.338 e. The highest BCUT2D eigenvalue weighted by Gasteiger charge is 2.94. The summed E-state index contributed by atoms with van der Waals surface area (Å²) < 4.78 is 35.5. The molecule has 242 valence electrons. The number of aliphatic hydroxyl groups excluding tert-OH is 3. The van der Waals surface area contributed by atoms with E-state index >= 15 is 0 Å². The second-order valence-corrected chi connectivity index (χ2v) is 12.4. The molecule has 45 heavy (non-hydrogen) atoms. The molecule has 4 heterocycles. The van der Waals surface area contributed by atoms with Gasteiger partial charge in [0.1, 0.15) is 36.1 Å². The van der Waals surface area contributed by atoms with E-state index < -0.39 is 107 Å². The maximum absolute atomic E-state index is 12.9. The normalized spacial score (nSPS) is 42.3. The average Bonchev–Trinajstić information content (AvgIpc) is 3.20. The summed E-state index contributed by atoms with van der Waals surface area (Å²) in [6, 6.07) is 9.94. The molecule has 9 rings (SSSR count). The van der Waals surface area contributed by atoms with Crippen molar-refractivity contribution in [2.75, 3.05) is 13.2 Å². The Bertz CT molecular complexity index is 1510. The molecule has 3 saturated carbocycles. The highest BCUT2D eigenvalue weighted by molar-refractivity contribution is 5.91. The molecular formula is C30H32O15. The first-order chi connectivity index (χ1) is 21.3. The van der Waals surface area contributed by atoms with Crippen molar-refractivity contribution in [1.82, 2.24) is 0 Å². The molecule has 7 aliphatic rings. The number of aromatic hydroxyl groups is 3. The van der Waals surface area contributed by atoms with E-state index in [1.807, 2.05) is 0 Å². The quantitative estimate of drug-likeness (QED) is 0.145. The van der Waals surface area contributed by atoms with Gasteiger partial charge < -0.3 is 64.2 Å². The van der Waals surface area contributed by atoms with Crippen molar-refractivity contribution in [2.24, 2.45) is 11.3 Å². The summed E-state index contributed by atoms with van der Waals surface area (Å²) in [7, 11) is 0. The minimum absolute atomic E-state index is 0.00307. The van der Waals surface area contributed by atoms with Gasteiger partial charge in [-0.1, -0.05) is 18.2 Å². The third-order valence-corrected chi connectivity index (χ3v) is 10.1. The second-order valence-electron chi connectivity index (χ2n) is 12.4. The fraction of sp³-hybridized carbons (Fsp3) is 0.533. The molecule has 7 N–H and O–H groups in total. The Morgan fingerprint density at radius 3 is 2.33 bits per heavy atom. The maximum Gasteiger partial charge on any atom is 0.338 e. The van der Waals surface area contributed by atoms with Crippen molar-refractivity contribution in [1.29, 1.82) is 0 Å². The molecule has 3 aliphatic carbocycles. The van der Waals surface area contributed by atoms with Crippen LogP contribution >= 0.6 is 0 Å². The van der Waals surface area contributed by atoms with Gasteiger partial charge in [0.2, 0.25) is 0 Å². The van der Waals surface area contributed by atoms with Gasteiger partial charge in [-0.3, -0.25) is 0 Å². The van der Waals surface area contributed by atoms with Crippen molar-refractivity contribution in [3.63, 3.8) is 0 Å².